The van der Waals surface area contributed by atoms with Crippen molar-refractivity contribution in [1.29, 1.82) is 0 Å². The molecule has 0 saturated carbocycles. The van der Waals surface area contributed by atoms with Gasteiger partial charge in [0.05, 0.1) is 12.1 Å². The van der Waals surface area contributed by atoms with E-state index < -0.39 is 0 Å². The minimum absolute atomic E-state index is 0.189. The maximum Gasteiger partial charge on any atom is 0.258 e. The zero-order chi connectivity index (χ0) is 18.9. The molecule has 0 aliphatic carbocycles. The second-order valence-corrected chi connectivity index (χ2v) is 6.04. The number of methoxy groups -OCH3 is 1. The summed E-state index contributed by atoms with van der Waals surface area (Å²) in [6.07, 6.45) is 0. The van der Waals surface area contributed by atoms with Crippen molar-refractivity contribution in [3.8, 4) is 11.5 Å². The Kier molecular flexibility index (Phi) is 7.56. The molecule has 0 aliphatic heterocycles. The van der Waals surface area contributed by atoms with Gasteiger partial charge in [-0.3, -0.25) is 9.59 Å². The van der Waals surface area contributed by atoms with Gasteiger partial charge in [0.2, 0.25) is 0 Å². The van der Waals surface area contributed by atoms with Crippen molar-refractivity contribution in [2.24, 2.45) is 0 Å². The summed E-state index contributed by atoms with van der Waals surface area (Å²) in [4.78, 5) is 23.8. The average molecular weight is 397 g/mol. The molecular formula is C18H18Cl2N2O4. The molecule has 0 atom stereocenters. The number of rotatable bonds is 8. The molecule has 0 saturated heterocycles. The van der Waals surface area contributed by atoms with Gasteiger partial charge in [0.15, 0.2) is 6.61 Å². The lowest BCUT2D eigenvalue weighted by atomic mass is 10.2. The predicted molar refractivity (Wildman–Crippen MR) is 100 cm³/mol. The van der Waals surface area contributed by atoms with Crippen molar-refractivity contribution >= 4 is 35.0 Å². The lowest BCUT2D eigenvalue weighted by Crippen LogP contribution is -2.36. The monoisotopic (exact) mass is 396 g/mol. The van der Waals surface area contributed by atoms with Crippen LogP contribution in [0.2, 0.25) is 10.0 Å². The molecule has 6 nitrogen and oxygen atoms in total. The van der Waals surface area contributed by atoms with E-state index >= 15 is 0 Å². The van der Waals surface area contributed by atoms with E-state index in [4.69, 9.17) is 32.7 Å². The highest BCUT2D eigenvalue weighted by Crippen LogP contribution is 2.27. The number of nitrogens with one attached hydrogen (secondary N) is 2. The second-order valence-electron chi connectivity index (χ2n) is 5.20. The van der Waals surface area contributed by atoms with Gasteiger partial charge in [0, 0.05) is 23.7 Å². The van der Waals surface area contributed by atoms with E-state index in [-0.39, 0.29) is 31.5 Å². The lowest BCUT2D eigenvalue weighted by molar-refractivity contribution is -0.123. The third kappa shape index (κ3) is 6.13. The van der Waals surface area contributed by atoms with Crippen LogP contribution in [0.3, 0.4) is 0 Å². The fourth-order valence-corrected chi connectivity index (χ4v) is 2.49. The summed E-state index contributed by atoms with van der Waals surface area (Å²) >= 11 is 11.7. The number of hydrogen-bond donors (Lipinski definition) is 2. The Morgan fingerprint density at radius 2 is 1.81 bits per heavy atom. The van der Waals surface area contributed by atoms with Crippen LogP contribution in [-0.4, -0.2) is 38.6 Å². The Hall–Kier alpha value is -2.44. The fourth-order valence-electron chi connectivity index (χ4n) is 2.03. The summed E-state index contributed by atoms with van der Waals surface area (Å²) < 4.78 is 10.4. The van der Waals surface area contributed by atoms with Crippen molar-refractivity contribution < 1.29 is 19.1 Å². The summed E-state index contributed by atoms with van der Waals surface area (Å²) in [5.74, 6) is 0.399. The molecule has 2 rings (SSSR count). The van der Waals surface area contributed by atoms with Crippen molar-refractivity contribution in [3.63, 3.8) is 0 Å². The summed E-state index contributed by atoms with van der Waals surface area (Å²) in [6.45, 7) is 0.362. The molecule has 0 unspecified atom stereocenters. The standard InChI is InChI=1S/C18H18Cl2N2O4/c1-25-14-4-2-3-12(9-14)18(24)22-8-7-21-17(23)11-26-16-6-5-13(19)10-15(16)20/h2-6,9-10H,7-8,11H2,1H3,(H,21,23)(H,22,24). The van der Waals surface area contributed by atoms with Crippen LogP contribution in [-0.2, 0) is 4.79 Å². The average Bonchev–Trinajstić information content (AvgIpc) is 2.64. The number of halogens is 2. The van der Waals surface area contributed by atoms with Crippen LogP contribution in [0.25, 0.3) is 0 Å². The van der Waals surface area contributed by atoms with Gasteiger partial charge in [-0.15, -0.1) is 0 Å². The molecule has 0 bridgehead atoms. The molecule has 0 heterocycles. The molecule has 8 heteroatoms. The van der Waals surface area contributed by atoms with Gasteiger partial charge in [-0.25, -0.2) is 0 Å². The van der Waals surface area contributed by atoms with Gasteiger partial charge in [0.25, 0.3) is 11.8 Å². The van der Waals surface area contributed by atoms with Crippen LogP contribution < -0.4 is 20.1 Å². The van der Waals surface area contributed by atoms with E-state index in [0.29, 0.717) is 27.1 Å². The minimum Gasteiger partial charge on any atom is -0.497 e. The summed E-state index contributed by atoms with van der Waals surface area (Å²) in [7, 11) is 1.53. The van der Waals surface area contributed by atoms with E-state index in [2.05, 4.69) is 10.6 Å². The van der Waals surface area contributed by atoms with Gasteiger partial charge in [-0.05, 0) is 36.4 Å². The lowest BCUT2D eigenvalue weighted by Gasteiger charge is -2.10. The summed E-state index contributed by atoms with van der Waals surface area (Å²) in [6, 6.07) is 11.5. The van der Waals surface area contributed by atoms with Gasteiger partial charge in [-0.1, -0.05) is 29.3 Å². The third-order valence-electron chi connectivity index (χ3n) is 3.32. The molecule has 138 valence electrons. The Bertz CT molecular complexity index is 784. The second kappa shape index (κ2) is 9.89. The molecule has 2 N–H and O–H groups in total. The zero-order valence-corrected chi connectivity index (χ0v) is 15.6. The van der Waals surface area contributed by atoms with Gasteiger partial charge in [0.1, 0.15) is 11.5 Å². The Morgan fingerprint density at radius 1 is 1.04 bits per heavy atom. The predicted octanol–water partition coefficient (Wildman–Crippen LogP) is 2.93. The molecule has 0 aliphatic rings. The van der Waals surface area contributed by atoms with Gasteiger partial charge >= 0.3 is 0 Å². The number of ether oxygens (including phenoxy) is 2. The third-order valence-corrected chi connectivity index (χ3v) is 3.85. The SMILES string of the molecule is COc1cccc(C(=O)NCCNC(=O)COc2ccc(Cl)cc2Cl)c1. The van der Waals surface area contributed by atoms with Crippen molar-refractivity contribution in [2.75, 3.05) is 26.8 Å². The first kappa shape index (κ1) is 19.9. The smallest absolute Gasteiger partial charge is 0.258 e. The number of carbonyl (C=O) groups is 2. The van der Waals surface area contributed by atoms with Gasteiger partial charge < -0.3 is 20.1 Å². The molecule has 2 aromatic rings. The minimum atomic E-state index is -0.327. The van der Waals surface area contributed by atoms with E-state index in [0.717, 1.165) is 0 Å². The number of benzene rings is 2. The van der Waals surface area contributed by atoms with Gasteiger partial charge in [-0.2, -0.15) is 0 Å². The first-order valence-electron chi connectivity index (χ1n) is 7.76. The normalized spacial score (nSPS) is 10.1. The van der Waals surface area contributed by atoms with E-state index in [1.807, 2.05) is 0 Å². The molecule has 2 aromatic carbocycles. The van der Waals surface area contributed by atoms with Crippen LogP contribution in [0.5, 0.6) is 11.5 Å². The number of hydrogen-bond acceptors (Lipinski definition) is 4. The number of amides is 2. The van der Waals surface area contributed by atoms with Crippen LogP contribution in [0, 0.1) is 0 Å². The van der Waals surface area contributed by atoms with E-state index in [9.17, 15) is 9.59 Å². The van der Waals surface area contributed by atoms with Crippen molar-refractivity contribution in [2.45, 2.75) is 0 Å². The molecule has 0 aromatic heterocycles. The largest absolute Gasteiger partial charge is 0.497 e. The molecule has 0 radical (unpaired) electrons. The highest BCUT2D eigenvalue weighted by atomic mass is 35.5. The zero-order valence-electron chi connectivity index (χ0n) is 14.1. The Morgan fingerprint density at radius 3 is 2.54 bits per heavy atom. The van der Waals surface area contributed by atoms with Crippen LogP contribution in [0.4, 0.5) is 0 Å². The van der Waals surface area contributed by atoms with Crippen molar-refractivity contribution in [1.82, 2.24) is 10.6 Å². The topological polar surface area (TPSA) is 76.7 Å². The molecular weight excluding hydrogens is 379 g/mol. The fraction of sp³-hybridized carbons (Fsp3) is 0.222. The molecule has 0 spiro atoms. The maximum absolute atomic E-state index is 12.0. The van der Waals surface area contributed by atoms with E-state index in [1.54, 1.807) is 36.4 Å². The first-order chi connectivity index (χ1) is 12.5. The highest BCUT2D eigenvalue weighted by Gasteiger charge is 2.08. The number of carbonyl (C=O) groups excluding carboxylic acids is 2. The Labute approximate surface area is 161 Å². The van der Waals surface area contributed by atoms with Crippen LogP contribution in [0.15, 0.2) is 42.5 Å². The molecule has 2 amide bonds. The summed E-state index contributed by atoms with van der Waals surface area (Å²) in [5.41, 5.74) is 0.483. The summed E-state index contributed by atoms with van der Waals surface area (Å²) in [5, 5.41) is 6.16. The molecule has 26 heavy (non-hydrogen) atoms. The van der Waals surface area contributed by atoms with Crippen molar-refractivity contribution in [3.05, 3.63) is 58.1 Å². The maximum atomic E-state index is 12.0. The molecule has 0 fully saturated rings. The quantitative estimate of drug-likeness (QED) is 0.672. The van der Waals surface area contributed by atoms with Crippen LogP contribution in [0.1, 0.15) is 10.4 Å². The van der Waals surface area contributed by atoms with Crippen LogP contribution >= 0.6 is 23.2 Å². The Balaban J connectivity index is 1.68. The first-order valence-corrected chi connectivity index (χ1v) is 8.52. The highest BCUT2D eigenvalue weighted by molar-refractivity contribution is 6.35. The van der Waals surface area contributed by atoms with E-state index in [1.165, 1.54) is 13.2 Å².